The van der Waals surface area contributed by atoms with Crippen LogP contribution in [0.2, 0.25) is 10.0 Å². The zero-order chi connectivity index (χ0) is 35.6. The summed E-state index contributed by atoms with van der Waals surface area (Å²) in [6.45, 7) is 5.22. The molecule has 0 aromatic heterocycles. The van der Waals surface area contributed by atoms with Gasteiger partial charge in [-0.25, -0.2) is 8.42 Å². The van der Waals surface area contributed by atoms with Crippen LogP contribution in [0.5, 0.6) is 5.75 Å². The second-order valence-corrected chi connectivity index (χ2v) is 15.0. The first-order valence-electron chi connectivity index (χ1n) is 15.9. The number of amides is 2. The summed E-state index contributed by atoms with van der Waals surface area (Å²) in [5.41, 5.74) is 1.57. The van der Waals surface area contributed by atoms with E-state index in [9.17, 15) is 18.0 Å². The summed E-state index contributed by atoms with van der Waals surface area (Å²) in [6, 6.07) is 26.3. The van der Waals surface area contributed by atoms with Gasteiger partial charge in [0.15, 0.2) is 0 Å². The van der Waals surface area contributed by atoms with Crippen LogP contribution in [0.4, 0.5) is 5.69 Å². The van der Waals surface area contributed by atoms with E-state index in [1.807, 2.05) is 50.4 Å². The Morgan fingerprint density at radius 1 is 0.918 bits per heavy atom. The Kier molecular flexibility index (Phi) is 13.8. The molecule has 260 valence electrons. The van der Waals surface area contributed by atoms with Gasteiger partial charge in [0, 0.05) is 33.9 Å². The highest BCUT2D eigenvalue weighted by Crippen LogP contribution is 2.34. The minimum Gasteiger partial charge on any atom is -0.492 e. The van der Waals surface area contributed by atoms with Crippen molar-refractivity contribution in [3.8, 4) is 5.75 Å². The van der Waals surface area contributed by atoms with Gasteiger partial charge in [-0.2, -0.15) is 0 Å². The number of thioether (sulfide) groups is 1. The molecule has 12 heteroatoms. The summed E-state index contributed by atoms with van der Waals surface area (Å²) >= 11 is 14.3. The van der Waals surface area contributed by atoms with Crippen molar-refractivity contribution in [3.63, 3.8) is 0 Å². The zero-order valence-corrected chi connectivity index (χ0v) is 31.1. The third-order valence-corrected chi connectivity index (χ3v) is 11.1. The number of carbonyl (C=O) groups is 2. The second kappa shape index (κ2) is 17.8. The van der Waals surface area contributed by atoms with Crippen molar-refractivity contribution >= 4 is 62.5 Å². The fraction of sp³-hybridized carbons (Fsp3) is 0.297. The predicted molar refractivity (Wildman–Crippen MR) is 199 cm³/mol. The first kappa shape index (κ1) is 38.1. The molecule has 0 radical (unpaired) electrons. The van der Waals surface area contributed by atoms with E-state index in [0.717, 1.165) is 14.8 Å². The average molecular weight is 743 g/mol. The molecule has 2 atom stereocenters. The van der Waals surface area contributed by atoms with E-state index in [4.69, 9.17) is 27.9 Å². The van der Waals surface area contributed by atoms with Crippen molar-refractivity contribution in [2.75, 3.05) is 23.7 Å². The lowest BCUT2D eigenvalue weighted by atomic mass is 10.0. The summed E-state index contributed by atoms with van der Waals surface area (Å²) < 4.78 is 35.8. The lowest BCUT2D eigenvalue weighted by Crippen LogP contribution is -2.54. The number of para-hydroxylation sites is 2. The molecule has 0 spiro atoms. The molecule has 0 aliphatic heterocycles. The van der Waals surface area contributed by atoms with Crippen molar-refractivity contribution in [1.82, 2.24) is 10.2 Å². The topological polar surface area (TPSA) is 96.0 Å². The maximum atomic E-state index is 14.8. The fourth-order valence-corrected chi connectivity index (χ4v) is 7.46. The number of carbonyl (C=O) groups excluding carboxylic acids is 2. The van der Waals surface area contributed by atoms with Crippen LogP contribution in [0.3, 0.4) is 0 Å². The number of hydrogen-bond acceptors (Lipinski definition) is 6. The van der Waals surface area contributed by atoms with Crippen molar-refractivity contribution in [2.45, 2.75) is 62.0 Å². The van der Waals surface area contributed by atoms with Gasteiger partial charge in [0.1, 0.15) is 18.3 Å². The first-order chi connectivity index (χ1) is 23.5. The molecule has 49 heavy (non-hydrogen) atoms. The summed E-state index contributed by atoms with van der Waals surface area (Å²) in [4.78, 5) is 31.1. The summed E-state index contributed by atoms with van der Waals surface area (Å²) in [6.07, 6.45) is 2.76. The maximum absolute atomic E-state index is 14.8. The quantitative estimate of drug-likeness (QED) is 0.118. The average Bonchev–Trinajstić information content (AvgIpc) is 3.10. The zero-order valence-electron chi connectivity index (χ0n) is 27.9. The van der Waals surface area contributed by atoms with E-state index in [1.165, 1.54) is 28.8 Å². The molecule has 4 rings (SSSR count). The van der Waals surface area contributed by atoms with Gasteiger partial charge in [0.25, 0.3) is 10.0 Å². The first-order valence-corrected chi connectivity index (χ1v) is 19.4. The van der Waals surface area contributed by atoms with Crippen molar-refractivity contribution in [2.24, 2.45) is 0 Å². The van der Waals surface area contributed by atoms with E-state index in [2.05, 4.69) is 5.32 Å². The summed E-state index contributed by atoms with van der Waals surface area (Å²) in [5, 5.41) is 3.76. The number of anilines is 1. The van der Waals surface area contributed by atoms with Crippen LogP contribution in [-0.4, -0.2) is 56.6 Å². The molecule has 0 aliphatic rings. The van der Waals surface area contributed by atoms with E-state index in [-0.39, 0.29) is 42.1 Å². The molecule has 0 saturated carbocycles. The Morgan fingerprint density at radius 3 is 2.22 bits per heavy atom. The lowest BCUT2D eigenvalue weighted by Gasteiger charge is -2.34. The molecule has 1 N–H and O–H groups in total. The highest BCUT2D eigenvalue weighted by atomic mass is 35.5. The Balaban J connectivity index is 1.86. The van der Waals surface area contributed by atoms with Crippen LogP contribution in [0.1, 0.15) is 38.3 Å². The van der Waals surface area contributed by atoms with Crippen LogP contribution in [0.15, 0.2) is 107 Å². The monoisotopic (exact) mass is 741 g/mol. The molecule has 2 unspecified atom stereocenters. The van der Waals surface area contributed by atoms with Gasteiger partial charge in [0.05, 0.1) is 17.2 Å². The number of ether oxygens (including phenoxy) is 1. The van der Waals surface area contributed by atoms with Crippen molar-refractivity contribution in [3.05, 3.63) is 118 Å². The normalized spacial score (nSPS) is 12.5. The van der Waals surface area contributed by atoms with Gasteiger partial charge < -0.3 is 15.0 Å². The Bertz CT molecular complexity index is 1830. The molecule has 0 saturated heterocycles. The predicted octanol–water partition coefficient (Wildman–Crippen LogP) is 7.86. The lowest BCUT2D eigenvalue weighted by molar-refractivity contribution is -0.140. The van der Waals surface area contributed by atoms with E-state index in [0.29, 0.717) is 27.8 Å². The van der Waals surface area contributed by atoms with Crippen LogP contribution < -0.4 is 14.4 Å². The molecule has 0 bridgehead atoms. The number of halogens is 2. The van der Waals surface area contributed by atoms with Crippen LogP contribution in [0, 0.1) is 0 Å². The Labute approximate surface area is 303 Å². The summed E-state index contributed by atoms with van der Waals surface area (Å²) in [5.74, 6) is -0.681. The minimum absolute atomic E-state index is 0.00652. The molecular weight excluding hydrogens is 701 g/mol. The van der Waals surface area contributed by atoms with Crippen LogP contribution in [-0.2, 0) is 32.6 Å². The molecule has 4 aromatic rings. The number of hydrogen-bond donors (Lipinski definition) is 1. The number of nitrogens with one attached hydrogen (secondary N) is 1. The second-order valence-electron chi connectivity index (χ2n) is 11.4. The standard InChI is InChI=1S/C37H41Cl2N3O5S2/c1-5-26(3)40-37(44)34(22-27-12-8-7-9-13-27)41(24-28-16-17-29(38)23-32(28)39)36(43)25-42(33-14-10-11-15-35(33)47-6-2)49(45,46)31-20-18-30(48-4)19-21-31/h7-21,23,26,34H,5-6,22,24-25H2,1-4H3,(H,40,44). The third-order valence-electron chi connectivity index (χ3n) is 7.99. The van der Waals surface area contributed by atoms with Gasteiger partial charge in [-0.3, -0.25) is 13.9 Å². The molecule has 8 nitrogen and oxygen atoms in total. The molecule has 0 fully saturated rings. The molecule has 2 amide bonds. The van der Waals surface area contributed by atoms with E-state index in [1.54, 1.807) is 61.5 Å². The van der Waals surface area contributed by atoms with Crippen molar-refractivity contribution in [1.29, 1.82) is 0 Å². The SMILES string of the molecule is CCOc1ccccc1N(CC(=O)N(Cc1ccc(Cl)cc1Cl)C(Cc1ccccc1)C(=O)NC(C)CC)S(=O)(=O)c1ccc(SC)cc1. The highest BCUT2D eigenvalue weighted by Gasteiger charge is 2.36. The highest BCUT2D eigenvalue weighted by molar-refractivity contribution is 7.98. The number of nitrogens with zero attached hydrogens (tertiary/aromatic N) is 2. The Hall–Kier alpha value is -3.70. The molecule has 4 aromatic carbocycles. The Morgan fingerprint density at radius 2 is 1.59 bits per heavy atom. The number of rotatable bonds is 16. The van der Waals surface area contributed by atoms with E-state index < -0.39 is 28.5 Å². The fourth-order valence-electron chi connectivity index (χ4n) is 5.16. The van der Waals surface area contributed by atoms with Crippen LogP contribution in [0.25, 0.3) is 0 Å². The minimum atomic E-state index is -4.31. The molecular formula is C37H41Cl2N3O5S2. The summed E-state index contributed by atoms with van der Waals surface area (Å²) in [7, 11) is -4.31. The van der Waals surface area contributed by atoms with Gasteiger partial charge in [-0.15, -0.1) is 11.8 Å². The van der Waals surface area contributed by atoms with Gasteiger partial charge in [-0.1, -0.05) is 78.7 Å². The third kappa shape index (κ3) is 9.94. The molecule has 0 aliphatic carbocycles. The van der Waals surface area contributed by atoms with Gasteiger partial charge in [0.2, 0.25) is 11.8 Å². The van der Waals surface area contributed by atoms with E-state index >= 15 is 0 Å². The number of benzene rings is 4. The van der Waals surface area contributed by atoms with Crippen LogP contribution >= 0.6 is 35.0 Å². The van der Waals surface area contributed by atoms with Gasteiger partial charge in [-0.05, 0) is 86.2 Å². The van der Waals surface area contributed by atoms with Gasteiger partial charge >= 0.3 is 0 Å². The smallest absolute Gasteiger partial charge is 0.264 e. The number of sulfonamides is 1. The van der Waals surface area contributed by atoms with Crippen molar-refractivity contribution < 1.29 is 22.7 Å². The maximum Gasteiger partial charge on any atom is 0.264 e. The molecule has 0 heterocycles. The largest absolute Gasteiger partial charge is 0.492 e.